The summed E-state index contributed by atoms with van der Waals surface area (Å²) in [5.41, 5.74) is 5.16. The van der Waals surface area contributed by atoms with Gasteiger partial charge in [0.05, 0.1) is 44.3 Å². The number of rotatable bonds is 3. The van der Waals surface area contributed by atoms with Crippen molar-refractivity contribution in [2.45, 2.75) is 11.9 Å². The zero-order chi connectivity index (χ0) is 33.1. The fourth-order valence-electron chi connectivity index (χ4n) is 6.62. The van der Waals surface area contributed by atoms with Gasteiger partial charge in [-0.3, -0.25) is 33.2 Å². The number of halogens is 1. The van der Waals surface area contributed by atoms with E-state index >= 15 is 0 Å². The number of benzene rings is 4. The predicted octanol–water partition coefficient (Wildman–Crippen LogP) is 4.50. The summed E-state index contributed by atoms with van der Waals surface area (Å²) in [5.74, 6) is 0.0149. The van der Waals surface area contributed by atoms with Crippen LogP contribution in [0.15, 0.2) is 94.5 Å². The molecule has 2 aromatic heterocycles. The van der Waals surface area contributed by atoms with Crippen molar-refractivity contribution < 1.29 is 9.59 Å². The number of alkyl halides is 1. The Kier molecular flexibility index (Phi) is 7.47. The largest absolute Gasteiger partial charge is 0.304 e. The molecule has 9 rings (SSSR count). The van der Waals surface area contributed by atoms with Crippen molar-refractivity contribution in [2.24, 2.45) is 0 Å². The van der Waals surface area contributed by atoms with E-state index in [0.717, 1.165) is 43.9 Å². The van der Waals surface area contributed by atoms with Crippen LogP contribution in [0.5, 0.6) is 0 Å². The Hall–Kier alpha value is -5.10. The number of ketones is 2. The molecule has 10 nitrogen and oxygen atoms in total. The monoisotopic (exact) mass is 700 g/mol. The number of carbonyl (C=O) groups excluding carboxylic acids is 2. The van der Waals surface area contributed by atoms with Crippen LogP contribution in [-0.2, 0) is 11.9 Å². The molecule has 238 valence electrons. The summed E-state index contributed by atoms with van der Waals surface area (Å²) in [4.78, 5) is 64.5. The third kappa shape index (κ3) is 4.93. The second kappa shape index (κ2) is 11.9. The Labute approximate surface area is 283 Å². The molecular formula is C37H29BrN6O4. The van der Waals surface area contributed by atoms with Crippen molar-refractivity contribution in [3.63, 3.8) is 0 Å². The van der Waals surface area contributed by atoms with Crippen LogP contribution in [0.3, 0.4) is 0 Å². The molecule has 0 unspecified atom stereocenters. The number of fused-ring (bicyclic) bond motifs is 8. The summed E-state index contributed by atoms with van der Waals surface area (Å²) in [6, 6.07) is 25.6. The number of nitrogens with zero attached hydrogens (tertiary/aromatic N) is 6. The van der Waals surface area contributed by atoms with Crippen LogP contribution in [0.2, 0.25) is 0 Å². The number of hydrogen-bond acceptors (Lipinski definition) is 8. The minimum Gasteiger partial charge on any atom is -0.304 e. The van der Waals surface area contributed by atoms with Gasteiger partial charge in [-0.25, -0.2) is 9.97 Å². The molecular weight excluding hydrogens is 672 g/mol. The Morgan fingerprint density at radius 1 is 0.625 bits per heavy atom. The molecule has 1 fully saturated rings. The van der Waals surface area contributed by atoms with Crippen LogP contribution in [0, 0.1) is 0 Å². The SMILES string of the molecule is CN1CCN(Cc2ccc3nc4n(c(=O)c3c2)-c2ccccc2C4=O)CC1.O=C1c2ccccc2-n2c1nc1ccc(CBr)cc1c2=O. The van der Waals surface area contributed by atoms with Crippen molar-refractivity contribution in [3.05, 3.63) is 140 Å². The standard InChI is InChI=1S/C21H20N4O2.C16H9BrN2O2/c1-23-8-10-24(11-9-23)13-14-6-7-17-16(12-14)21(27)25-18-5-3-2-4-15(18)19(26)20(25)22-17;17-8-9-5-6-12-11(7-9)16(21)19-13-4-2-1-3-10(13)14(20)15(19)18-12/h2-7,12H,8-11,13H2,1H3;1-7H,8H2. The second-order valence-electron chi connectivity index (χ2n) is 12.3. The van der Waals surface area contributed by atoms with Crippen molar-refractivity contribution >= 4 is 49.3 Å². The van der Waals surface area contributed by atoms with Gasteiger partial charge in [-0.05, 0) is 66.7 Å². The van der Waals surface area contributed by atoms with Gasteiger partial charge in [0, 0.05) is 38.1 Å². The highest BCUT2D eigenvalue weighted by Crippen LogP contribution is 2.28. The van der Waals surface area contributed by atoms with Gasteiger partial charge in [-0.15, -0.1) is 0 Å². The maximum absolute atomic E-state index is 13.2. The van der Waals surface area contributed by atoms with Crippen LogP contribution >= 0.6 is 15.9 Å². The Morgan fingerprint density at radius 3 is 1.62 bits per heavy atom. The van der Waals surface area contributed by atoms with Crippen molar-refractivity contribution in [2.75, 3.05) is 33.2 Å². The van der Waals surface area contributed by atoms with E-state index in [1.54, 1.807) is 36.4 Å². The molecule has 0 atom stereocenters. The maximum atomic E-state index is 13.2. The molecule has 0 N–H and O–H groups in total. The van der Waals surface area contributed by atoms with E-state index in [9.17, 15) is 19.2 Å². The van der Waals surface area contributed by atoms with E-state index in [1.807, 2.05) is 48.5 Å². The van der Waals surface area contributed by atoms with E-state index < -0.39 is 0 Å². The minimum absolute atomic E-state index is 0.173. The number of para-hydroxylation sites is 2. The average Bonchev–Trinajstić information content (AvgIpc) is 3.57. The zero-order valence-corrected chi connectivity index (χ0v) is 27.6. The molecule has 0 spiro atoms. The lowest BCUT2D eigenvalue weighted by Crippen LogP contribution is -2.43. The first-order chi connectivity index (χ1) is 23.3. The van der Waals surface area contributed by atoms with Gasteiger partial charge in [0.25, 0.3) is 11.1 Å². The van der Waals surface area contributed by atoms with Crippen LogP contribution < -0.4 is 11.1 Å². The van der Waals surface area contributed by atoms with E-state index in [-0.39, 0.29) is 34.3 Å². The Morgan fingerprint density at radius 2 is 1.10 bits per heavy atom. The summed E-state index contributed by atoms with van der Waals surface area (Å²) in [6.45, 7) is 4.99. The summed E-state index contributed by atoms with van der Waals surface area (Å²) >= 11 is 3.38. The maximum Gasteiger partial charge on any atom is 0.266 e. The minimum atomic E-state index is -0.200. The Balaban J connectivity index is 0.000000145. The van der Waals surface area contributed by atoms with Gasteiger partial charge in [0.2, 0.25) is 11.6 Å². The molecule has 11 heteroatoms. The average molecular weight is 702 g/mol. The molecule has 0 saturated carbocycles. The first-order valence-electron chi connectivity index (χ1n) is 15.7. The van der Waals surface area contributed by atoms with Gasteiger partial charge in [0.15, 0.2) is 11.6 Å². The van der Waals surface area contributed by atoms with E-state index in [1.165, 1.54) is 9.13 Å². The molecule has 5 heterocycles. The van der Waals surface area contributed by atoms with Crippen LogP contribution in [0.1, 0.15) is 43.5 Å². The topological polar surface area (TPSA) is 110 Å². The third-order valence-corrected chi connectivity index (χ3v) is 9.85. The third-order valence-electron chi connectivity index (χ3n) is 9.21. The molecule has 0 radical (unpaired) electrons. The van der Waals surface area contributed by atoms with E-state index in [0.29, 0.717) is 49.6 Å². The van der Waals surface area contributed by atoms with Gasteiger partial charge in [0.1, 0.15) is 0 Å². The summed E-state index contributed by atoms with van der Waals surface area (Å²) in [6.07, 6.45) is 0. The molecule has 6 aromatic rings. The van der Waals surface area contributed by atoms with Gasteiger partial charge < -0.3 is 4.90 Å². The highest BCUT2D eigenvalue weighted by molar-refractivity contribution is 9.08. The number of hydrogen-bond donors (Lipinski definition) is 0. The highest BCUT2D eigenvalue weighted by atomic mass is 79.9. The molecule has 3 aliphatic heterocycles. The lowest BCUT2D eigenvalue weighted by atomic mass is 10.1. The molecule has 48 heavy (non-hydrogen) atoms. The van der Waals surface area contributed by atoms with Crippen molar-refractivity contribution in [1.82, 2.24) is 28.9 Å². The number of likely N-dealkylation sites (N-methyl/N-ethyl adjacent to an activating group) is 1. The first kappa shape index (κ1) is 30.2. The van der Waals surface area contributed by atoms with Gasteiger partial charge >= 0.3 is 0 Å². The van der Waals surface area contributed by atoms with Crippen molar-refractivity contribution in [1.29, 1.82) is 0 Å². The molecule has 0 amide bonds. The van der Waals surface area contributed by atoms with Crippen LogP contribution in [0.4, 0.5) is 0 Å². The summed E-state index contributed by atoms with van der Waals surface area (Å²) in [5, 5.41) is 1.76. The summed E-state index contributed by atoms with van der Waals surface area (Å²) in [7, 11) is 2.14. The quantitative estimate of drug-likeness (QED) is 0.248. The van der Waals surface area contributed by atoms with Crippen molar-refractivity contribution in [3.8, 4) is 11.4 Å². The zero-order valence-electron chi connectivity index (χ0n) is 26.0. The normalized spacial score (nSPS) is 15.2. The van der Waals surface area contributed by atoms with Gasteiger partial charge in [-0.1, -0.05) is 52.3 Å². The van der Waals surface area contributed by atoms with Crippen LogP contribution in [0.25, 0.3) is 33.2 Å². The number of carbonyl (C=O) groups is 2. The van der Waals surface area contributed by atoms with Crippen LogP contribution in [-0.4, -0.2) is 73.7 Å². The second-order valence-corrected chi connectivity index (χ2v) is 12.8. The first-order valence-corrected chi connectivity index (χ1v) is 16.8. The molecule has 3 aliphatic rings. The Bertz CT molecular complexity index is 2440. The molecule has 0 aliphatic carbocycles. The fourth-order valence-corrected chi connectivity index (χ4v) is 6.97. The lowest BCUT2D eigenvalue weighted by Gasteiger charge is -2.32. The lowest BCUT2D eigenvalue weighted by molar-refractivity contribution is 0.102. The number of aromatic nitrogens is 4. The highest BCUT2D eigenvalue weighted by Gasteiger charge is 2.31. The van der Waals surface area contributed by atoms with Gasteiger partial charge in [-0.2, -0.15) is 0 Å². The molecule has 4 aromatic carbocycles. The fraction of sp³-hybridized carbons (Fsp3) is 0.189. The number of piperazine rings is 1. The smallest absolute Gasteiger partial charge is 0.266 e. The predicted molar refractivity (Wildman–Crippen MR) is 187 cm³/mol. The van der Waals surface area contributed by atoms with E-state index in [2.05, 4.69) is 42.7 Å². The summed E-state index contributed by atoms with van der Waals surface area (Å²) < 4.78 is 2.87. The van der Waals surface area contributed by atoms with E-state index in [4.69, 9.17) is 0 Å². The molecule has 1 saturated heterocycles. The molecule has 0 bridgehead atoms.